The monoisotopic (exact) mass is 625 g/mol. The summed E-state index contributed by atoms with van der Waals surface area (Å²) in [6, 6.07) is 5.27. The number of aliphatic imine (C=N–C) groups is 1. The predicted molar refractivity (Wildman–Crippen MR) is 131 cm³/mol. The minimum Gasteiger partial charge on any atom is -0.331 e. The zero-order chi connectivity index (χ0) is 30.2. The topological polar surface area (TPSA) is 95.9 Å². The summed E-state index contributed by atoms with van der Waals surface area (Å²) in [4.78, 5) is 29.7. The van der Waals surface area contributed by atoms with Gasteiger partial charge in [0.1, 0.15) is 11.3 Å². The summed E-state index contributed by atoms with van der Waals surface area (Å²) >= 11 is 5.91. The van der Waals surface area contributed by atoms with Crippen molar-refractivity contribution in [1.82, 2.24) is 10.2 Å². The molecule has 0 radical (unpaired) electrons. The van der Waals surface area contributed by atoms with E-state index in [9.17, 15) is 48.7 Å². The van der Waals surface area contributed by atoms with Gasteiger partial charge in [-0.3, -0.25) is 14.6 Å². The number of carbonyl (C=O) groups excluding carboxylic acids is 2. The number of amides is 2. The summed E-state index contributed by atoms with van der Waals surface area (Å²) in [5.41, 5.74) is -7.81. The van der Waals surface area contributed by atoms with Gasteiger partial charge in [0.05, 0.1) is 10.9 Å². The molecule has 1 fully saturated rings. The van der Waals surface area contributed by atoms with Crippen molar-refractivity contribution in [2.75, 3.05) is 13.1 Å². The number of carbonyl (C=O) groups is 2. The molecule has 2 heterocycles. The van der Waals surface area contributed by atoms with Crippen molar-refractivity contribution in [3.8, 4) is 0 Å². The van der Waals surface area contributed by atoms with E-state index in [0.29, 0.717) is 6.07 Å². The number of hydrogen-bond donors (Lipinski definition) is 1. The molecule has 0 bridgehead atoms. The second-order valence-corrected chi connectivity index (χ2v) is 12.5. The summed E-state index contributed by atoms with van der Waals surface area (Å²) in [5, 5.41) is 2.49. The van der Waals surface area contributed by atoms with Crippen molar-refractivity contribution in [3.63, 3.8) is 0 Å². The highest BCUT2D eigenvalue weighted by atomic mass is 35.5. The van der Waals surface area contributed by atoms with E-state index in [2.05, 4.69) is 10.3 Å². The number of sulfone groups is 1. The van der Waals surface area contributed by atoms with Gasteiger partial charge in [0.2, 0.25) is 5.91 Å². The van der Waals surface area contributed by atoms with Gasteiger partial charge in [0.25, 0.3) is 5.91 Å². The fourth-order valence-electron chi connectivity index (χ4n) is 5.92. The van der Waals surface area contributed by atoms with Crippen molar-refractivity contribution in [2.24, 2.45) is 4.99 Å². The van der Waals surface area contributed by atoms with Crippen LogP contribution in [0.1, 0.15) is 29.5 Å². The fourth-order valence-corrected chi connectivity index (χ4v) is 8.41. The Kier molecular flexibility index (Phi) is 6.72. The number of fused-ring (bicyclic) bond motifs is 3. The molecule has 1 N–H and O–H groups in total. The third kappa shape index (κ3) is 4.22. The Morgan fingerprint density at radius 2 is 1.66 bits per heavy atom. The number of aryl methyl sites for hydroxylation is 1. The summed E-state index contributed by atoms with van der Waals surface area (Å²) in [5.74, 6) is -1.66. The summed E-state index contributed by atoms with van der Waals surface area (Å²) in [6.07, 6.45) is -13.5. The molecule has 5 rings (SSSR count). The average Bonchev–Trinajstić information content (AvgIpc) is 3.51. The molecular weight excluding hydrogens is 607 g/mol. The lowest BCUT2D eigenvalue weighted by atomic mass is 9.76. The maximum Gasteiger partial charge on any atom is 0.435 e. The van der Waals surface area contributed by atoms with E-state index in [1.807, 2.05) is 0 Å². The van der Waals surface area contributed by atoms with Gasteiger partial charge in [-0.25, -0.2) is 12.8 Å². The SMILES string of the molecule is O=C1CN=C(C(=O)N2CCC3(S(=O)(=O)c4ccc(Cl)cc4)c4ccc(C(F)(C(F)(F)F)C(F)(F)F)cc4CCC23)N1. The highest BCUT2D eigenvalue weighted by molar-refractivity contribution is 7.92. The van der Waals surface area contributed by atoms with E-state index in [1.54, 1.807) is 0 Å². The van der Waals surface area contributed by atoms with Crippen molar-refractivity contribution in [3.05, 3.63) is 64.2 Å². The quantitative estimate of drug-likeness (QED) is 0.511. The van der Waals surface area contributed by atoms with E-state index in [4.69, 9.17) is 11.6 Å². The Balaban J connectivity index is 1.69. The summed E-state index contributed by atoms with van der Waals surface area (Å²) in [6.45, 7) is -0.507. The van der Waals surface area contributed by atoms with Gasteiger partial charge in [0.15, 0.2) is 15.7 Å². The average molecular weight is 626 g/mol. The number of rotatable bonds is 4. The molecule has 0 spiro atoms. The molecule has 0 saturated carbocycles. The van der Waals surface area contributed by atoms with Crippen LogP contribution in [0.25, 0.3) is 0 Å². The first-order valence-electron chi connectivity index (χ1n) is 12.1. The second kappa shape index (κ2) is 9.41. The van der Waals surface area contributed by atoms with Crippen LogP contribution in [-0.2, 0) is 36.3 Å². The Morgan fingerprint density at radius 1 is 1.02 bits per heavy atom. The van der Waals surface area contributed by atoms with Gasteiger partial charge in [-0.2, -0.15) is 26.3 Å². The van der Waals surface area contributed by atoms with Gasteiger partial charge >= 0.3 is 18.0 Å². The molecular formula is C25H19ClF7N3O4S. The lowest BCUT2D eigenvalue weighted by Crippen LogP contribution is -2.54. The number of halogens is 8. The first-order valence-corrected chi connectivity index (χ1v) is 13.9. The molecule has 2 aromatic carbocycles. The number of nitrogens with one attached hydrogen (secondary N) is 1. The number of amidine groups is 1. The molecule has 2 aliphatic heterocycles. The molecule has 7 nitrogen and oxygen atoms in total. The van der Waals surface area contributed by atoms with Crippen LogP contribution >= 0.6 is 11.6 Å². The predicted octanol–water partition coefficient (Wildman–Crippen LogP) is 4.37. The number of nitrogens with zero attached hydrogens (tertiary/aromatic N) is 2. The van der Waals surface area contributed by atoms with E-state index in [0.717, 1.165) is 6.07 Å². The number of hydrogen-bond acceptors (Lipinski definition) is 5. The van der Waals surface area contributed by atoms with Crippen LogP contribution in [0, 0.1) is 0 Å². The number of likely N-dealkylation sites (tertiary alicyclic amines) is 1. The zero-order valence-electron chi connectivity index (χ0n) is 20.6. The smallest absolute Gasteiger partial charge is 0.331 e. The first-order chi connectivity index (χ1) is 18.9. The van der Waals surface area contributed by atoms with E-state index >= 15 is 0 Å². The summed E-state index contributed by atoms with van der Waals surface area (Å²) in [7, 11) is -4.51. The van der Waals surface area contributed by atoms with Gasteiger partial charge < -0.3 is 10.2 Å². The molecule has 0 aromatic heterocycles. The van der Waals surface area contributed by atoms with Crippen LogP contribution in [-0.4, -0.2) is 62.5 Å². The van der Waals surface area contributed by atoms with E-state index < -0.39 is 56.0 Å². The van der Waals surface area contributed by atoms with E-state index in [-0.39, 0.29) is 65.3 Å². The van der Waals surface area contributed by atoms with Crippen molar-refractivity contribution in [1.29, 1.82) is 0 Å². The third-order valence-electron chi connectivity index (χ3n) is 7.77. The van der Waals surface area contributed by atoms with E-state index in [1.165, 1.54) is 29.2 Å². The Hall–Kier alpha value is -3.20. The highest BCUT2D eigenvalue weighted by Crippen LogP contribution is 2.56. The largest absolute Gasteiger partial charge is 0.435 e. The molecule has 2 amide bonds. The molecule has 2 unspecified atom stereocenters. The third-order valence-corrected chi connectivity index (χ3v) is 10.6. The molecule has 41 heavy (non-hydrogen) atoms. The fraction of sp³-hybridized carbons (Fsp3) is 0.400. The van der Waals surface area contributed by atoms with Crippen LogP contribution in [0.2, 0.25) is 5.02 Å². The van der Waals surface area contributed by atoms with Crippen LogP contribution < -0.4 is 5.32 Å². The number of benzene rings is 2. The highest BCUT2D eigenvalue weighted by Gasteiger charge is 2.74. The van der Waals surface area contributed by atoms with Gasteiger partial charge in [-0.15, -0.1) is 0 Å². The molecule has 2 aromatic rings. The Bertz CT molecular complexity index is 1560. The molecule has 1 aliphatic carbocycles. The van der Waals surface area contributed by atoms with Crippen molar-refractivity contribution >= 4 is 39.1 Å². The lowest BCUT2D eigenvalue weighted by Gasteiger charge is -2.43. The minimum absolute atomic E-state index is 0.146. The van der Waals surface area contributed by atoms with Gasteiger partial charge in [-0.1, -0.05) is 29.8 Å². The molecule has 220 valence electrons. The number of alkyl halides is 7. The van der Waals surface area contributed by atoms with Crippen molar-refractivity contribution < 1.29 is 48.7 Å². The zero-order valence-corrected chi connectivity index (χ0v) is 22.2. The molecule has 1 saturated heterocycles. The molecule has 16 heteroatoms. The lowest BCUT2D eigenvalue weighted by molar-refractivity contribution is -0.348. The molecule has 2 atom stereocenters. The van der Waals surface area contributed by atoms with Gasteiger partial charge in [-0.05, 0) is 54.7 Å². The normalized spacial score (nSPS) is 23.1. The summed E-state index contributed by atoms with van der Waals surface area (Å²) < 4.78 is 122. The van der Waals surface area contributed by atoms with Crippen molar-refractivity contribution in [2.45, 2.75) is 53.0 Å². The minimum atomic E-state index is -6.35. The van der Waals surface area contributed by atoms with Crippen LogP contribution in [0.5, 0.6) is 0 Å². The second-order valence-electron chi connectivity index (χ2n) is 9.89. The standard InChI is InChI=1S/C25H19ClF7N3O4S/c26-15-3-5-16(6-4-15)41(39,40)22-9-10-36(21(38)20-34-12-19(37)35-20)18(22)8-1-13-11-14(2-7-17(13)22)23(27,24(28,29)30)25(31,32)33/h2-7,11,18H,1,8-10,12H2,(H,34,35,37). The van der Waals surface area contributed by atoms with Gasteiger partial charge in [0, 0.05) is 17.1 Å². The first kappa shape index (κ1) is 29.3. The maximum atomic E-state index is 14.9. The van der Waals surface area contributed by atoms with Crippen LogP contribution in [0.4, 0.5) is 30.7 Å². The van der Waals surface area contributed by atoms with Crippen LogP contribution in [0.15, 0.2) is 52.4 Å². The Morgan fingerprint density at radius 3 is 2.22 bits per heavy atom. The van der Waals surface area contributed by atoms with Crippen LogP contribution in [0.3, 0.4) is 0 Å². The Labute approximate surface area is 233 Å². The maximum absolute atomic E-state index is 14.9. The molecule has 3 aliphatic rings.